The van der Waals surface area contributed by atoms with E-state index in [1.807, 2.05) is 17.6 Å². The van der Waals surface area contributed by atoms with Gasteiger partial charge in [0.05, 0.1) is 0 Å². The van der Waals surface area contributed by atoms with Gasteiger partial charge in [-0.25, -0.2) is 0 Å². The number of piperidine rings is 1. The second-order valence-corrected chi connectivity index (χ2v) is 12.8. The predicted molar refractivity (Wildman–Crippen MR) is 157 cm³/mol. The highest BCUT2D eigenvalue weighted by Gasteiger charge is 2.37. The number of aromatic nitrogens is 1. The lowest BCUT2D eigenvalue weighted by molar-refractivity contribution is -0.140. The third kappa shape index (κ3) is 7.35. The average molecular weight is 555 g/mol. The number of carbonyl (C=O) groups excluding carboxylic acids is 3. The van der Waals surface area contributed by atoms with Crippen LogP contribution < -0.4 is 16.2 Å². The van der Waals surface area contributed by atoms with E-state index in [1.165, 1.54) is 32.1 Å². The number of carbonyl (C=O) groups is 3. The largest absolute Gasteiger partial charge is 0.356 e. The van der Waals surface area contributed by atoms with Crippen molar-refractivity contribution in [2.45, 2.75) is 123 Å². The molecule has 2 aliphatic carbocycles. The van der Waals surface area contributed by atoms with E-state index in [0.717, 1.165) is 56.2 Å². The fourth-order valence-corrected chi connectivity index (χ4v) is 6.75. The summed E-state index contributed by atoms with van der Waals surface area (Å²) in [5.74, 6) is -0.199. The van der Waals surface area contributed by atoms with Gasteiger partial charge < -0.3 is 20.1 Å². The number of nitrogens with zero attached hydrogens (tertiary/aromatic N) is 2. The summed E-state index contributed by atoms with van der Waals surface area (Å²) in [4.78, 5) is 55.1. The number of rotatable bonds is 8. The molecule has 40 heavy (non-hydrogen) atoms. The zero-order chi connectivity index (χ0) is 28.7. The molecule has 1 aromatic heterocycles. The molecular formula is C32H50N4O4. The maximum Gasteiger partial charge on any atom is 0.263 e. The SMILES string of the molecule is CCCNC(=O)C1CCN(C(=O)C(C)(C)NC(=O)c2cc3c(n(CC4CCCCC4)c2=O)CCCCCC3)CC1. The van der Waals surface area contributed by atoms with E-state index < -0.39 is 11.4 Å². The summed E-state index contributed by atoms with van der Waals surface area (Å²) in [6, 6.07) is 1.82. The van der Waals surface area contributed by atoms with Crippen molar-refractivity contribution >= 4 is 17.7 Å². The predicted octanol–water partition coefficient (Wildman–Crippen LogP) is 4.36. The van der Waals surface area contributed by atoms with Gasteiger partial charge in [0.15, 0.2) is 0 Å². The summed E-state index contributed by atoms with van der Waals surface area (Å²) in [7, 11) is 0. The molecule has 2 N–H and O–H groups in total. The Hall–Kier alpha value is -2.64. The first-order chi connectivity index (χ1) is 19.2. The molecule has 0 radical (unpaired) electrons. The van der Waals surface area contributed by atoms with Crippen LogP contribution in [-0.2, 0) is 29.0 Å². The Bertz CT molecular complexity index is 1110. The molecule has 1 saturated heterocycles. The van der Waals surface area contributed by atoms with E-state index in [0.29, 0.717) is 44.9 Å². The van der Waals surface area contributed by atoms with Gasteiger partial charge in [-0.2, -0.15) is 0 Å². The lowest BCUT2D eigenvalue weighted by atomic mass is 9.88. The molecule has 0 unspecified atom stereocenters. The van der Waals surface area contributed by atoms with Crippen LogP contribution in [0.1, 0.15) is 119 Å². The van der Waals surface area contributed by atoms with Crippen LogP contribution in [0.5, 0.6) is 0 Å². The summed E-state index contributed by atoms with van der Waals surface area (Å²) >= 11 is 0. The molecule has 4 rings (SSSR count). The third-order valence-electron chi connectivity index (χ3n) is 9.17. The van der Waals surface area contributed by atoms with Gasteiger partial charge in [-0.1, -0.05) is 39.0 Å². The van der Waals surface area contributed by atoms with E-state index in [1.54, 1.807) is 18.7 Å². The second kappa shape index (κ2) is 13.8. The molecule has 1 saturated carbocycles. The Morgan fingerprint density at radius 1 is 0.925 bits per heavy atom. The van der Waals surface area contributed by atoms with E-state index >= 15 is 0 Å². The van der Waals surface area contributed by atoms with Crippen molar-refractivity contribution in [2.75, 3.05) is 19.6 Å². The van der Waals surface area contributed by atoms with Gasteiger partial charge in [0.2, 0.25) is 11.8 Å². The highest BCUT2D eigenvalue weighted by molar-refractivity contribution is 5.99. The fourth-order valence-electron chi connectivity index (χ4n) is 6.75. The van der Waals surface area contributed by atoms with Crippen molar-refractivity contribution in [3.8, 4) is 0 Å². The first kappa shape index (κ1) is 30.3. The van der Waals surface area contributed by atoms with E-state index in [2.05, 4.69) is 10.6 Å². The molecule has 2 heterocycles. The van der Waals surface area contributed by atoms with Gasteiger partial charge in [-0.15, -0.1) is 0 Å². The molecule has 0 bridgehead atoms. The molecule has 2 fully saturated rings. The van der Waals surface area contributed by atoms with Crippen molar-refractivity contribution in [1.82, 2.24) is 20.1 Å². The number of nitrogens with one attached hydrogen (secondary N) is 2. The van der Waals surface area contributed by atoms with Crippen LogP contribution in [-0.4, -0.2) is 52.4 Å². The molecule has 1 aromatic rings. The number of hydrogen-bond donors (Lipinski definition) is 2. The lowest BCUT2D eigenvalue weighted by Gasteiger charge is -2.37. The normalized spacial score (nSPS) is 19.3. The second-order valence-electron chi connectivity index (χ2n) is 12.8. The smallest absolute Gasteiger partial charge is 0.263 e. The molecule has 0 aromatic carbocycles. The Morgan fingerprint density at radius 3 is 2.25 bits per heavy atom. The van der Waals surface area contributed by atoms with Gasteiger partial charge in [-0.05, 0) is 89.2 Å². The van der Waals surface area contributed by atoms with Crippen LogP contribution in [0.4, 0.5) is 0 Å². The highest BCUT2D eigenvalue weighted by Crippen LogP contribution is 2.27. The summed E-state index contributed by atoms with van der Waals surface area (Å²) < 4.78 is 1.93. The Kier molecular flexibility index (Phi) is 10.5. The first-order valence-corrected chi connectivity index (χ1v) is 15.9. The van der Waals surface area contributed by atoms with Crippen LogP contribution >= 0.6 is 0 Å². The number of likely N-dealkylation sites (tertiary alicyclic amines) is 1. The standard InChI is InChI=1S/C32H50N4O4/c1-4-18-33-28(37)24-16-19-35(20-17-24)31(40)32(2,3)34-29(38)26-21-25-14-10-5-6-11-15-27(25)36(30(26)39)22-23-12-8-7-9-13-23/h21,23-24H,4-20,22H2,1-3H3,(H,33,37)(H,34,38). The zero-order valence-corrected chi connectivity index (χ0v) is 25.0. The van der Waals surface area contributed by atoms with Crippen molar-refractivity contribution in [3.05, 3.63) is 33.2 Å². The molecule has 3 aliphatic rings. The van der Waals surface area contributed by atoms with Gasteiger partial charge in [0.1, 0.15) is 11.1 Å². The molecule has 8 heteroatoms. The molecule has 0 atom stereocenters. The number of pyridine rings is 1. The number of amides is 3. The number of fused-ring (bicyclic) bond motifs is 1. The van der Waals surface area contributed by atoms with Crippen LogP contribution in [0, 0.1) is 11.8 Å². The van der Waals surface area contributed by atoms with Gasteiger partial charge in [0, 0.05) is 37.8 Å². The molecule has 8 nitrogen and oxygen atoms in total. The molecule has 0 spiro atoms. The maximum absolute atomic E-state index is 13.9. The van der Waals surface area contributed by atoms with Gasteiger partial charge >= 0.3 is 0 Å². The van der Waals surface area contributed by atoms with Crippen molar-refractivity contribution < 1.29 is 14.4 Å². The van der Waals surface area contributed by atoms with Crippen molar-refractivity contribution in [3.63, 3.8) is 0 Å². The monoisotopic (exact) mass is 554 g/mol. The lowest BCUT2D eigenvalue weighted by Crippen LogP contribution is -2.58. The number of hydrogen-bond acceptors (Lipinski definition) is 4. The Balaban J connectivity index is 1.50. The topological polar surface area (TPSA) is 101 Å². The summed E-state index contributed by atoms with van der Waals surface area (Å²) in [5, 5.41) is 5.87. The van der Waals surface area contributed by atoms with Crippen LogP contribution in [0.2, 0.25) is 0 Å². The Labute approximate surface area is 239 Å². The van der Waals surface area contributed by atoms with E-state index in [-0.39, 0.29) is 28.9 Å². The van der Waals surface area contributed by atoms with Crippen LogP contribution in [0.25, 0.3) is 0 Å². The maximum atomic E-state index is 13.9. The van der Waals surface area contributed by atoms with Crippen LogP contribution in [0.15, 0.2) is 10.9 Å². The van der Waals surface area contributed by atoms with Gasteiger partial charge in [0.25, 0.3) is 11.5 Å². The zero-order valence-electron chi connectivity index (χ0n) is 25.0. The fraction of sp³-hybridized carbons (Fsp3) is 0.750. The van der Waals surface area contributed by atoms with E-state index in [4.69, 9.17) is 0 Å². The van der Waals surface area contributed by atoms with E-state index in [9.17, 15) is 19.2 Å². The molecule has 222 valence electrons. The molecule has 3 amide bonds. The molecular weight excluding hydrogens is 504 g/mol. The van der Waals surface area contributed by atoms with Crippen molar-refractivity contribution in [2.24, 2.45) is 11.8 Å². The van der Waals surface area contributed by atoms with Gasteiger partial charge in [-0.3, -0.25) is 19.2 Å². The number of aryl methyl sites for hydroxylation is 1. The molecule has 1 aliphatic heterocycles. The van der Waals surface area contributed by atoms with Crippen molar-refractivity contribution in [1.29, 1.82) is 0 Å². The minimum atomic E-state index is -1.17. The Morgan fingerprint density at radius 2 is 1.57 bits per heavy atom. The summed E-state index contributed by atoms with van der Waals surface area (Å²) in [6.45, 7) is 7.76. The highest BCUT2D eigenvalue weighted by atomic mass is 16.2. The minimum absolute atomic E-state index is 0.0601. The average Bonchev–Trinajstić information content (AvgIpc) is 2.93. The first-order valence-electron chi connectivity index (χ1n) is 15.9. The minimum Gasteiger partial charge on any atom is -0.356 e. The summed E-state index contributed by atoms with van der Waals surface area (Å²) in [6.07, 6.45) is 14.3. The quantitative estimate of drug-likeness (QED) is 0.499. The summed E-state index contributed by atoms with van der Waals surface area (Å²) in [5.41, 5.74) is 1.01. The van der Waals surface area contributed by atoms with Crippen LogP contribution in [0.3, 0.4) is 0 Å². The third-order valence-corrected chi connectivity index (χ3v) is 9.17.